The fourth-order valence-corrected chi connectivity index (χ4v) is 3.93. The van der Waals surface area contributed by atoms with E-state index in [9.17, 15) is 5.11 Å². The highest BCUT2D eigenvalue weighted by Gasteiger charge is 2.31. The summed E-state index contributed by atoms with van der Waals surface area (Å²) in [5, 5.41) is 9.31. The van der Waals surface area contributed by atoms with Gasteiger partial charge in [0.05, 0.1) is 0 Å². The van der Waals surface area contributed by atoms with Crippen molar-refractivity contribution in [3.05, 3.63) is 0 Å². The second kappa shape index (κ2) is 7.61. The van der Waals surface area contributed by atoms with Crippen LogP contribution in [0.1, 0.15) is 58.8 Å². The highest BCUT2D eigenvalue weighted by Crippen LogP contribution is 2.25. The first-order valence-corrected chi connectivity index (χ1v) is 8.33. The van der Waals surface area contributed by atoms with Crippen molar-refractivity contribution in [3.8, 4) is 0 Å². The monoisotopic (exact) mass is 268 g/mol. The van der Waals surface area contributed by atoms with Crippen molar-refractivity contribution in [2.45, 2.75) is 76.9 Å². The fourth-order valence-electron chi connectivity index (χ4n) is 3.93. The molecule has 2 aliphatic rings. The number of rotatable bonds is 4. The lowest BCUT2D eigenvalue weighted by Gasteiger charge is -2.46. The molecule has 0 aromatic carbocycles. The summed E-state index contributed by atoms with van der Waals surface area (Å²) in [6.07, 6.45) is 9.42. The van der Waals surface area contributed by atoms with Crippen LogP contribution in [0.5, 0.6) is 0 Å². The molecule has 0 unspecified atom stereocenters. The highest BCUT2D eigenvalue weighted by atomic mass is 16.3. The molecule has 0 aromatic heterocycles. The standard InChI is InChI=1S/C16H32N2O/c1-14(2)18-11-10-17(13-16(18)9-12-19)15-7-5-3-4-6-8-15/h14-16,19H,3-13H2,1-2H3/t16-/m1/s1. The summed E-state index contributed by atoms with van der Waals surface area (Å²) in [4.78, 5) is 5.31. The van der Waals surface area contributed by atoms with E-state index in [1.165, 1.54) is 58.2 Å². The lowest BCUT2D eigenvalue weighted by atomic mass is 10.0. The van der Waals surface area contributed by atoms with Gasteiger partial charge in [-0.1, -0.05) is 25.7 Å². The molecule has 0 bridgehead atoms. The molecule has 1 saturated heterocycles. The van der Waals surface area contributed by atoms with E-state index in [-0.39, 0.29) is 0 Å². The molecule has 19 heavy (non-hydrogen) atoms. The molecule has 2 rings (SSSR count). The number of nitrogens with zero attached hydrogens (tertiary/aromatic N) is 2. The van der Waals surface area contributed by atoms with Gasteiger partial charge in [-0.15, -0.1) is 0 Å². The summed E-state index contributed by atoms with van der Waals surface area (Å²) in [6, 6.07) is 1.98. The van der Waals surface area contributed by atoms with E-state index in [1.807, 2.05) is 0 Å². The Kier molecular flexibility index (Phi) is 6.11. The van der Waals surface area contributed by atoms with E-state index in [0.717, 1.165) is 12.5 Å². The molecule has 0 aromatic rings. The number of aliphatic hydroxyl groups excluding tert-OH is 1. The topological polar surface area (TPSA) is 26.7 Å². The fraction of sp³-hybridized carbons (Fsp3) is 1.00. The average Bonchev–Trinajstić information content (AvgIpc) is 2.67. The predicted molar refractivity (Wildman–Crippen MR) is 80.4 cm³/mol. The van der Waals surface area contributed by atoms with Gasteiger partial charge >= 0.3 is 0 Å². The normalized spacial score (nSPS) is 28.7. The van der Waals surface area contributed by atoms with Crippen molar-refractivity contribution in [3.63, 3.8) is 0 Å². The van der Waals surface area contributed by atoms with Crippen LogP contribution in [0.4, 0.5) is 0 Å². The number of piperazine rings is 1. The Balaban J connectivity index is 1.93. The van der Waals surface area contributed by atoms with Gasteiger partial charge in [-0.3, -0.25) is 9.80 Å². The Morgan fingerprint density at radius 1 is 1.05 bits per heavy atom. The summed E-state index contributed by atoms with van der Waals surface area (Å²) in [5.74, 6) is 0. The third kappa shape index (κ3) is 4.17. The molecule has 2 fully saturated rings. The second-order valence-electron chi connectivity index (χ2n) is 6.64. The zero-order valence-corrected chi connectivity index (χ0v) is 12.9. The molecule has 3 nitrogen and oxygen atoms in total. The largest absolute Gasteiger partial charge is 0.396 e. The van der Waals surface area contributed by atoms with Crippen molar-refractivity contribution in [2.24, 2.45) is 0 Å². The second-order valence-corrected chi connectivity index (χ2v) is 6.64. The van der Waals surface area contributed by atoms with Crippen LogP contribution in [-0.4, -0.2) is 59.3 Å². The Labute approximate surface area is 119 Å². The molecule has 3 heteroatoms. The van der Waals surface area contributed by atoms with Gasteiger partial charge in [0.2, 0.25) is 0 Å². The Morgan fingerprint density at radius 2 is 1.74 bits per heavy atom. The van der Waals surface area contributed by atoms with Gasteiger partial charge in [-0.25, -0.2) is 0 Å². The molecule has 1 saturated carbocycles. The maximum atomic E-state index is 9.31. The van der Waals surface area contributed by atoms with Crippen LogP contribution in [0.15, 0.2) is 0 Å². The minimum absolute atomic E-state index is 0.326. The zero-order valence-electron chi connectivity index (χ0n) is 12.9. The molecular formula is C16H32N2O. The van der Waals surface area contributed by atoms with Crippen LogP contribution >= 0.6 is 0 Å². The van der Waals surface area contributed by atoms with Crippen LogP contribution in [0.2, 0.25) is 0 Å². The molecule has 112 valence electrons. The van der Waals surface area contributed by atoms with Gasteiger partial charge in [-0.2, -0.15) is 0 Å². The highest BCUT2D eigenvalue weighted by molar-refractivity contribution is 4.87. The Morgan fingerprint density at radius 3 is 2.32 bits per heavy atom. The first kappa shape index (κ1) is 15.3. The van der Waals surface area contributed by atoms with E-state index in [0.29, 0.717) is 18.7 Å². The summed E-state index contributed by atoms with van der Waals surface area (Å²) >= 11 is 0. The molecule has 0 radical (unpaired) electrons. The van der Waals surface area contributed by atoms with E-state index in [4.69, 9.17) is 0 Å². The summed E-state index contributed by atoms with van der Waals surface area (Å²) in [5.41, 5.74) is 0. The molecule has 0 spiro atoms. The number of aliphatic hydroxyl groups is 1. The molecule has 1 N–H and O–H groups in total. The number of hydrogen-bond acceptors (Lipinski definition) is 3. The number of hydrogen-bond donors (Lipinski definition) is 1. The van der Waals surface area contributed by atoms with Gasteiger partial charge in [0.25, 0.3) is 0 Å². The Bertz CT molecular complexity index is 249. The maximum absolute atomic E-state index is 9.31. The zero-order chi connectivity index (χ0) is 13.7. The van der Waals surface area contributed by atoms with Crippen molar-refractivity contribution in [1.82, 2.24) is 9.80 Å². The molecule has 0 amide bonds. The lowest BCUT2D eigenvalue weighted by molar-refractivity contribution is 0.0153. The molecule has 1 atom stereocenters. The van der Waals surface area contributed by atoms with Crippen LogP contribution in [0.3, 0.4) is 0 Å². The van der Waals surface area contributed by atoms with E-state index >= 15 is 0 Å². The van der Waals surface area contributed by atoms with E-state index < -0.39 is 0 Å². The van der Waals surface area contributed by atoms with Crippen LogP contribution in [0.25, 0.3) is 0 Å². The Hall–Kier alpha value is -0.120. The van der Waals surface area contributed by atoms with Gasteiger partial charge in [0, 0.05) is 44.4 Å². The first-order valence-electron chi connectivity index (χ1n) is 8.33. The minimum Gasteiger partial charge on any atom is -0.396 e. The third-order valence-corrected chi connectivity index (χ3v) is 5.03. The third-order valence-electron chi connectivity index (χ3n) is 5.03. The summed E-state index contributed by atoms with van der Waals surface area (Å²) < 4.78 is 0. The quantitative estimate of drug-likeness (QED) is 0.794. The van der Waals surface area contributed by atoms with Gasteiger partial charge in [0.1, 0.15) is 0 Å². The molecule has 1 aliphatic heterocycles. The average molecular weight is 268 g/mol. The van der Waals surface area contributed by atoms with Crippen molar-refractivity contribution in [1.29, 1.82) is 0 Å². The van der Waals surface area contributed by atoms with Crippen molar-refractivity contribution >= 4 is 0 Å². The van der Waals surface area contributed by atoms with Crippen LogP contribution in [0, 0.1) is 0 Å². The van der Waals surface area contributed by atoms with E-state index in [1.54, 1.807) is 0 Å². The minimum atomic E-state index is 0.326. The SMILES string of the molecule is CC(C)N1CCN(C2CCCCCC2)C[C@H]1CCO. The van der Waals surface area contributed by atoms with Gasteiger partial charge in [0.15, 0.2) is 0 Å². The van der Waals surface area contributed by atoms with Gasteiger partial charge < -0.3 is 5.11 Å². The molecular weight excluding hydrogens is 236 g/mol. The first-order chi connectivity index (χ1) is 9.22. The van der Waals surface area contributed by atoms with Crippen LogP contribution in [-0.2, 0) is 0 Å². The predicted octanol–water partition coefficient (Wildman–Crippen LogP) is 2.49. The van der Waals surface area contributed by atoms with Gasteiger partial charge in [-0.05, 0) is 33.1 Å². The molecule has 1 aliphatic carbocycles. The lowest BCUT2D eigenvalue weighted by Crippen LogP contribution is -2.57. The van der Waals surface area contributed by atoms with Crippen molar-refractivity contribution < 1.29 is 5.11 Å². The van der Waals surface area contributed by atoms with Crippen LogP contribution < -0.4 is 0 Å². The summed E-state index contributed by atoms with van der Waals surface area (Å²) in [7, 11) is 0. The smallest absolute Gasteiger partial charge is 0.0446 e. The maximum Gasteiger partial charge on any atom is 0.0446 e. The summed E-state index contributed by atoms with van der Waals surface area (Å²) in [6.45, 7) is 8.47. The van der Waals surface area contributed by atoms with E-state index in [2.05, 4.69) is 23.6 Å². The van der Waals surface area contributed by atoms with Crippen molar-refractivity contribution in [2.75, 3.05) is 26.2 Å². The molecule has 1 heterocycles.